The summed E-state index contributed by atoms with van der Waals surface area (Å²) in [4.78, 5) is 14.5. The molecule has 3 rings (SSSR count). The van der Waals surface area contributed by atoms with Gasteiger partial charge in [0, 0.05) is 19.6 Å². The van der Waals surface area contributed by atoms with Crippen LogP contribution in [0.3, 0.4) is 0 Å². The molecule has 0 saturated carbocycles. The van der Waals surface area contributed by atoms with Crippen molar-refractivity contribution in [2.24, 2.45) is 0 Å². The molecule has 2 aromatic rings. The van der Waals surface area contributed by atoms with Gasteiger partial charge < -0.3 is 19.7 Å². The number of carbonyl (C=O) groups is 1. The number of amides is 1. The topological polar surface area (TPSA) is 50.8 Å². The fourth-order valence-electron chi connectivity index (χ4n) is 3.14. The van der Waals surface area contributed by atoms with E-state index in [1.165, 1.54) is 12.1 Å². The predicted molar refractivity (Wildman–Crippen MR) is 104 cm³/mol. The van der Waals surface area contributed by atoms with Crippen LogP contribution in [0, 0.1) is 5.82 Å². The quantitative estimate of drug-likeness (QED) is 0.817. The van der Waals surface area contributed by atoms with E-state index in [0.29, 0.717) is 24.6 Å². The first kappa shape index (κ1) is 21.0. The molecule has 7 heteroatoms. The van der Waals surface area contributed by atoms with Gasteiger partial charge in [-0.3, -0.25) is 4.79 Å². The lowest BCUT2D eigenvalue weighted by Gasteiger charge is -2.36. The highest BCUT2D eigenvalue weighted by Gasteiger charge is 2.27. The first-order valence-electron chi connectivity index (χ1n) is 8.70. The first-order chi connectivity index (χ1) is 12.7. The number of benzene rings is 2. The average Bonchev–Trinajstić information content (AvgIpc) is 2.68. The van der Waals surface area contributed by atoms with Crippen LogP contribution in [0.5, 0.6) is 11.5 Å². The molecular formula is C20H24ClFN2O3. The third-order valence-corrected chi connectivity index (χ3v) is 4.44. The Bertz CT molecular complexity index is 760. The van der Waals surface area contributed by atoms with Crippen molar-refractivity contribution in [3.8, 4) is 11.5 Å². The summed E-state index contributed by atoms with van der Waals surface area (Å²) < 4.78 is 24.5. The third-order valence-electron chi connectivity index (χ3n) is 4.44. The second kappa shape index (κ2) is 10.1. The van der Waals surface area contributed by atoms with Crippen molar-refractivity contribution in [3.63, 3.8) is 0 Å². The van der Waals surface area contributed by atoms with E-state index < -0.39 is 0 Å². The lowest BCUT2D eigenvalue weighted by molar-refractivity contribution is -0.135. The molecule has 1 aliphatic heterocycles. The van der Waals surface area contributed by atoms with Crippen molar-refractivity contribution in [2.75, 3.05) is 33.4 Å². The van der Waals surface area contributed by atoms with Crippen molar-refractivity contribution in [1.29, 1.82) is 0 Å². The maximum Gasteiger partial charge on any atom is 0.226 e. The van der Waals surface area contributed by atoms with Gasteiger partial charge in [-0.2, -0.15) is 0 Å². The summed E-state index contributed by atoms with van der Waals surface area (Å²) >= 11 is 0. The number of hydrogen-bond acceptors (Lipinski definition) is 4. The van der Waals surface area contributed by atoms with Crippen molar-refractivity contribution < 1.29 is 18.7 Å². The zero-order valence-corrected chi connectivity index (χ0v) is 16.0. The van der Waals surface area contributed by atoms with Crippen LogP contribution in [0.4, 0.5) is 4.39 Å². The molecule has 1 N–H and O–H groups in total. The molecule has 146 valence electrons. The summed E-state index contributed by atoms with van der Waals surface area (Å²) in [5.74, 6) is 0.959. The summed E-state index contributed by atoms with van der Waals surface area (Å²) in [5, 5.41) is 3.27. The second-order valence-corrected chi connectivity index (χ2v) is 6.11. The number of hydrogen-bond donors (Lipinski definition) is 1. The van der Waals surface area contributed by atoms with Crippen molar-refractivity contribution in [1.82, 2.24) is 10.2 Å². The van der Waals surface area contributed by atoms with Gasteiger partial charge in [0.15, 0.2) is 11.5 Å². The molecule has 1 unspecified atom stereocenters. The van der Waals surface area contributed by atoms with E-state index in [1.54, 1.807) is 18.1 Å². The Labute approximate surface area is 164 Å². The van der Waals surface area contributed by atoms with Gasteiger partial charge in [-0.25, -0.2) is 4.39 Å². The van der Waals surface area contributed by atoms with Crippen LogP contribution in [0.1, 0.15) is 18.0 Å². The smallest absolute Gasteiger partial charge is 0.226 e. The van der Waals surface area contributed by atoms with Gasteiger partial charge in [0.2, 0.25) is 5.91 Å². The molecule has 27 heavy (non-hydrogen) atoms. The van der Waals surface area contributed by atoms with Crippen LogP contribution in [0.2, 0.25) is 0 Å². The highest BCUT2D eigenvalue weighted by molar-refractivity contribution is 5.85. The maximum atomic E-state index is 13.6. The van der Waals surface area contributed by atoms with Gasteiger partial charge in [-0.15, -0.1) is 12.4 Å². The number of ether oxygens (including phenoxy) is 2. The van der Waals surface area contributed by atoms with E-state index in [4.69, 9.17) is 9.47 Å². The van der Waals surface area contributed by atoms with E-state index in [9.17, 15) is 9.18 Å². The number of nitrogens with one attached hydrogen (secondary N) is 1. The summed E-state index contributed by atoms with van der Waals surface area (Å²) in [6, 6.07) is 13.6. The minimum absolute atomic E-state index is 0. The largest absolute Gasteiger partial charge is 0.493 e. The van der Waals surface area contributed by atoms with E-state index in [2.05, 4.69) is 5.32 Å². The zero-order chi connectivity index (χ0) is 18.4. The van der Waals surface area contributed by atoms with Gasteiger partial charge in [0.25, 0.3) is 0 Å². The Morgan fingerprint density at radius 1 is 1.22 bits per heavy atom. The number of nitrogens with zero attached hydrogens (tertiary/aromatic N) is 1. The Balaban J connectivity index is 0.00000261. The van der Waals surface area contributed by atoms with Gasteiger partial charge >= 0.3 is 0 Å². The minimum atomic E-state index is -0.292. The Kier molecular flexibility index (Phi) is 7.88. The molecule has 1 saturated heterocycles. The molecule has 1 aliphatic rings. The summed E-state index contributed by atoms with van der Waals surface area (Å²) in [6.45, 7) is 2.20. The molecule has 5 nitrogen and oxygen atoms in total. The highest BCUT2D eigenvalue weighted by atomic mass is 35.5. The number of rotatable bonds is 6. The SMILES string of the molecule is COc1ccccc1OCCC(=O)N1CCNCC1c1cccc(F)c1.Cl. The molecule has 0 spiro atoms. The van der Waals surface area contributed by atoms with Crippen molar-refractivity contribution in [2.45, 2.75) is 12.5 Å². The summed E-state index contributed by atoms with van der Waals surface area (Å²) in [5.41, 5.74) is 0.802. The molecule has 2 aromatic carbocycles. The normalized spacial score (nSPS) is 16.4. The number of halogens is 2. The Morgan fingerprint density at radius 2 is 2.00 bits per heavy atom. The van der Waals surface area contributed by atoms with Crippen LogP contribution >= 0.6 is 12.4 Å². The minimum Gasteiger partial charge on any atom is -0.493 e. The lowest BCUT2D eigenvalue weighted by atomic mass is 10.0. The fourth-order valence-corrected chi connectivity index (χ4v) is 3.14. The monoisotopic (exact) mass is 394 g/mol. The maximum absolute atomic E-state index is 13.6. The lowest BCUT2D eigenvalue weighted by Crippen LogP contribution is -2.49. The standard InChI is InChI=1S/C20H23FN2O3.ClH/c1-25-18-7-2-3-8-19(18)26-12-9-20(24)23-11-10-22-14-17(23)15-5-4-6-16(21)13-15;/h2-8,13,17,22H,9-12,14H2,1H3;1H. The number of para-hydroxylation sites is 2. The number of methoxy groups -OCH3 is 1. The van der Waals surface area contributed by atoms with Crippen LogP contribution in [0.25, 0.3) is 0 Å². The van der Waals surface area contributed by atoms with Gasteiger partial charge in [-0.05, 0) is 29.8 Å². The molecule has 1 heterocycles. The summed E-state index contributed by atoms with van der Waals surface area (Å²) in [7, 11) is 1.58. The molecule has 0 aromatic heterocycles. The highest BCUT2D eigenvalue weighted by Crippen LogP contribution is 2.27. The molecule has 1 amide bonds. The Morgan fingerprint density at radius 3 is 2.74 bits per heavy atom. The number of carbonyl (C=O) groups excluding carboxylic acids is 1. The van der Waals surface area contributed by atoms with Crippen LogP contribution in [0.15, 0.2) is 48.5 Å². The summed E-state index contributed by atoms with van der Waals surface area (Å²) in [6.07, 6.45) is 0.254. The van der Waals surface area contributed by atoms with Crippen LogP contribution in [-0.4, -0.2) is 44.2 Å². The molecule has 0 radical (unpaired) electrons. The van der Waals surface area contributed by atoms with Crippen molar-refractivity contribution in [3.05, 3.63) is 59.9 Å². The molecular weight excluding hydrogens is 371 g/mol. The van der Waals surface area contributed by atoms with Crippen LogP contribution < -0.4 is 14.8 Å². The molecule has 0 bridgehead atoms. The second-order valence-electron chi connectivity index (χ2n) is 6.11. The molecule has 1 fully saturated rings. The first-order valence-corrected chi connectivity index (χ1v) is 8.70. The zero-order valence-electron chi connectivity index (χ0n) is 15.2. The van der Waals surface area contributed by atoms with E-state index in [-0.39, 0.29) is 43.2 Å². The number of piperazine rings is 1. The van der Waals surface area contributed by atoms with Gasteiger partial charge in [0.1, 0.15) is 5.82 Å². The molecule has 1 atom stereocenters. The van der Waals surface area contributed by atoms with E-state index in [1.807, 2.05) is 30.3 Å². The van der Waals surface area contributed by atoms with Gasteiger partial charge in [0.05, 0.1) is 26.2 Å². The van der Waals surface area contributed by atoms with E-state index in [0.717, 1.165) is 12.1 Å². The predicted octanol–water partition coefficient (Wildman–Crippen LogP) is 3.20. The van der Waals surface area contributed by atoms with E-state index >= 15 is 0 Å². The van der Waals surface area contributed by atoms with Crippen LogP contribution in [-0.2, 0) is 4.79 Å². The third kappa shape index (κ3) is 5.34. The molecule has 0 aliphatic carbocycles. The van der Waals surface area contributed by atoms with Crippen molar-refractivity contribution >= 4 is 18.3 Å². The average molecular weight is 395 g/mol. The fraction of sp³-hybridized carbons (Fsp3) is 0.350. The van der Waals surface area contributed by atoms with Gasteiger partial charge in [-0.1, -0.05) is 24.3 Å². The Hall–Kier alpha value is -2.31.